The van der Waals surface area contributed by atoms with Crippen molar-refractivity contribution in [1.29, 1.82) is 0 Å². The number of amides is 1. The standard InChI is InChI=1S/C14H16NO4/c1-11-3-2-4-12(9-11)14(17)19-10-13(16)15-5-7-18-8-6-15/h2-4H,5-8,10H2,1H3. The zero-order valence-corrected chi connectivity index (χ0v) is 10.8. The second kappa shape index (κ2) is 6.33. The second-order valence-corrected chi connectivity index (χ2v) is 4.32. The van der Waals surface area contributed by atoms with Crippen molar-refractivity contribution in [3.05, 3.63) is 35.4 Å². The normalized spacial score (nSPS) is 15.1. The number of carbonyl (C=O) groups is 2. The van der Waals surface area contributed by atoms with E-state index < -0.39 is 5.97 Å². The van der Waals surface area contributed by atoms with E-state index in [0.29, 0.717) is 31.9 Å². The van der Waals surface area contributed by atoms with Gasteiger partial charge in [0.25, 0.3) is 5.91 Å². The molecule has 1 aliphatic heterocycles. The van der Waals surface area contributed by atoms with Crippen molar-refractivity contribution in [3.8, 4) is 0 Å². The van der Waals surface area contributed by atoms with Gasteiger partial charge in [0, 0.05) is 19.2 Å². The fraction of sp³-hybridized carbons (Fsp3) is 0.429. The first-order valence-corrected chi connectivity index (χ1v) is 6.18. The van der Waals surface area contributed by atoms with Crippen molar-refractivity contribution in [1.82, 2.24) is 4.90 Å². The number of hydrogen-bond donors (Lipinski definition) is 0. The van der Waals surface area contributed by atoms with Crippen molar-refractivity contribution in [2.45, 2.75) is 6.92 Å². The zero-order valence-electron chi connectivity index (χ0n) is 10.8. The van der Waals surface area contributed by atoms with E-state index in [1.165, 1.54) is 0 Å². The van der Waals surface area contributed by atoms with Crippen LogP contribution in [0.1, 0.15) is 15.9 Å². The molecule has 2 rings (SSSR count). The molecule has 1 amide bonds. The summed E-state index contributed by atoms with van der Waals surface area (Å²) in [4.78, 5) is 25.2. The minimum absolute atomic E-state index is 0.190. The highest BCUT2D eigenvalue weighted by Gasteiger charge is 2.18. The van der Waals surface area contributed by atoms with Gasteiger partial charge in [0.2, 0.25) is 0 Å². The highest BCUT2D eigenvalue weighted by atomic mass is 16.5. The molecule has 5 heteroatoms. The van der Waals surface area contributed by atoms with Gasteiger partial charge >= 0.3 is 5.97 Å². The Morgan fingerprint density at radius 3 is 2.79 bits per heavy atom. The molecule has 5 nitrogen and oxygen atoms in total. The molecule has 1 aliphatic rings. The van der Waals surface area contributed by atoms with Crippen LogP contribution in [0.3, 0.4) is 0 Å². The Morgan fingerprint density at radius 2 is 2.11 bits per heavy atom. The molecule has 0 aliphatic carbocycles. The number of hydrogen-bond acceptors (Lipinski definition) is 4. The molecule has 1 radical (unpaired) electrons. The van der Waals surface area contributed by atoms with Gasteiger partial charge in [0.15, 0.2) is 6.61 Å². The molecule has 1 aromatic carbocycles. The molecular weight excluding hydrogens is 246 g/mol. The summed E-state index contributed by atoms with van der Waals surface area (Å²) >= 11 is 0. The average molecular weight is 262 g/mol. The Kier molecular flexibility index (Phi) is 4.52. The van der Waals surface area contributed by atoms with Crippen LogP contribution >= 0.6 is 0 Å². The lowest BCUT2D eigenvalue weighted by molar-refractivity contribution is -0.138. The van der Waals surface area contributed by atoms with Crippen LogP contribution < -0.4 is 0 Å². The number of morpholine rings is 1. The van der Waals surface area contributed by atoms with Crippen LogP contribution in [0.15, 0.2) is 18.2 Å². The molecule has 1 heterocycles. The van der Waals surface area contributed by atoms with Crippen molar-refractivity contribution in [3.63, 3.8) is 0 Å². The minimum Gasteiger partial charge on any atom is -0.452 e. The summed E-state index contributed by atoms with van der Waals surface area (Å²) in [5, 5.41) is 0. The van der Waals surface area contributed by atoms with E-state index in [9.17, 15) is 9.59 Å². The SMILES string of the molecule is Cc1[c]c(C(=O)OCC(=O)N2CCOCC2)ccc1. The number of esters is 1. The summed E-state index contributed by atoms with van der Waals surface area (Å²) < 4.78 is 10.1. The third kappa shape index (κ3) is 3.79. The first-order valence-electron chi connectivity index (χ1n) is 6.18. The van der Waals surface area contributed by atoms with Crippen LogP contribution in [0.25, 0.3) is 0 Å². The fourth-order valence-corrected chi connectivity index (χ4v) is 1.81. The predicted octanol–water partition coefficient (Wildman–Crippen LogP) is 0.811. The lowest BCUT2D eigenvalue weighted by Crippen LogP contribution is -2.42. The smallest absolute Gasteiger partial charge is 0.339 e. The minimum atomic E-state index is -0.523. The maximum Gasteiger partial charge on any atom is 0.339 e. The van der Waals surface area contributed by atoms with E-state index in [4.69, 9.17) is 9.47 Å². The summed E-state index contributed by atoms with van der Waals surface area (Å²) in [5.74, 6) is -0.713. The van der Waals surface area contributed by atoms with Gasteiger partial charge in [0.05, 0.1) is 18.8 Å². The van der Waals surface area contributed by atoms with Crippen molar-refractivity contribution >= 4 is 11.9 Å². The van der Waals surface area contributed by atoms with Crippen LogP contribution in [-0.4, -0.2) is 49.7 Å². The number of rotatable bonds is 3. The van der Waals surface area contributed by atoms with Gasteiger partial charge < -0.3 is 14.4 Å². The number of ether oxygens (including phenoxy) is 2. The molecule has 0 spiro atoms. The summed E-state index contributed by atoms with van der Waals surface area (Å²) in [6, 6.07) is 8.11. The Labute approximate surface area is 112 Å². The molecule has 0 atom stereocenters. The third-order valence-electron chi connectivity index (χ3n) is 2.85. The van der Waals surface area contributed by atoms with Crippen LogP contribution in [0, 0.1) is 13.0 Å². The van der Waals surface area contributed by atoms with Gasteiger partial charge in [-0.3, -0.25) is 4.79 Å². The monoisotopic (exact) mass is 262 g/mol. The molecule has 1 fully saturated rings. The average Bonchev–Trinajstić information content (AvgIpc) is 2.45. The lowest BCUT2D eigenvalue weighted by atomic mass is 10.1. The first-order chi connectivity index (χ1) is 9.16. The van der Waals surface area contributed by atoms with Gasteiger partial charge in [-0.15, -0.1) is 0 Å². The van der Waals surface area contributed by atoms with Gasteiger partial charge in [-0.1, -0.05) is 12.1 Å². The molecule has 0 bridgehead atoms. The van der Waals surface area contributed by atoms with Gasteiger partial charge in [-0.05, 0) is 18.6 Å². The molecular formula is C14H16NO4. The van der Waals surface area contributed by atoms with E-state index in [-0.39, 0.29) is 12.5 Å². The first kappa shape index (κ1) is 13.5. The fourth-order valence-electron chi connectivity index (χ4n) is 1.81. The Bertz CT molecular complexity index is 466. The number of carbonyl (C=O) groups excluding carboxylic acids is 2. The van der Waals surface area contributed by atoms with Crippen LogP contribution in [0.4, 0.5) is 0 Å². The molecule has 1 aromatic rings. The summed E-state index contributed by atoms with van der Waals surface area (Å²) in [7, 11) is 0. The van der Waals surface area contributed by atoms with Crippen molar-refractivity contribution < 1.29 is 19.1 Å². The highest BCUT2D eigenvalue weighted by Crippen LogP contribution is 2.05. The number of nitrogens with zero attached hydrogens (tertiary/aromatic N) is 1. The second-order valence-electron chi connectivity index (χ2n) is 4.32. The van der Waals surface area contributed by atoms with Crippen LogP contribution in [0.5, 0.6) is 0 Å². The van der Waals surface area contributed by atoms with Crippen LogP contribution in [-0.2, 0) is 14.3 Å². The van der Waals surface area contributed by atoms with Crippen LogP contribution in [0.2, 0.25) is 0 Å². The Morgan fingerprint density at radius 1 is 1.37 bits per heavy atom. The van der Waals surface area contributed by atoms with Crippen molar-refractivity contribution in [2.24, 2.45) is 0 Å². The molecule has 0 aromatic heterocycles. The largest absolute Gasteiger partial charge is 0.452 e. The van der Waals surface area contributed by atoms with E-state index in [1.54, 1.807) is 17.0 Å². The molecule has 0 N–H and O–H groups in total. The summed E-state index contributed by atoms with van der Waals surface area (Å²) in [6.07, 6.45) is 0. The predicted molar refractivity (Wildman–Crippen MR) is 67.7 cm³/mol. The highest BCUT2D eigenvalue weighted by molar-refractivity contribution is 5.91. The van der Waals surface area contributed by atoms with E-state index in [1.807, 2.05) is 13.0 Å². The van der Waals surface area contributed by atoms with E-state index in [0.717, 1.165) is 5.56 Å². The zero-order chi connectivity index (χ0) is 13.7. The Hall–Kier alpha value is -1.88. The van der Waals surface area contributed by atoms with E-state index >= 15 is 0 Å². The van der Waals surface area contributed by atoms with Gasteiger partial charge in [-0.25, -0.2) is 4.79 Å². The molecule has 1 saturated heterocycles. The summed E-state index contributed by atoms with van der Waals surface area (Å²) in [5.41, 5.74) is 1.20. The molecule has 0 unspecified atom stereocenters. The third-order valence-corrected chi connectivity index (χ3v) is 2.85. The van der Waals surface area contributed by atoms with E-state index in [2.05, 4.69) is 6.07 Å². The lowest BCUT2D eigenvalue weighted by Gasteiger charge is -2.26. The maximum absolute atomic E-state index is 11.8. The molecule has 101 valence electrons. The topological polar surface area (TPSA) is 55.8 Å². The molecule has 19 heavy (non-hydrogen) atoms. The number of benzene rings is 1. The van der Waals surface area contributed by atoms with Crippen molar-refractivity contribution in [2.75, 3.05) is 32.9 Å². The maximum atomic E-state index is 11.8. The Balaban J connectivity index is 1.84. The molecule has 0 saturated carbocycles. The van der Waals surface area contributed by atoms with Gasteiger partial charge in [0.1, 0.15) is 0 Å². The number of aryl methyl sites for hydroxylation is 1. The van der Waals surface area contributed by atoms with Gasteiger partial charge in [-0.2, -0.15) is 0 Å². The quantitative estimate of drug-likeness (QED) is 0.756. The summed E-state index contributed by atoms with van der Waals surface area (Å²) in [6.45, 7) is 3.77.